The van der Waals surface area contributed by atoms with Crippen LogP contribution in [-0.4, -0.2) is 57.7 Å². The van der Waals surface area contributed by atoms with Gasteiger partial charge in [-0.05, 0) is 48.6 Å². The fraction of sp³-hybridized carbons (Fsp3) is 0.417. The molecule has 0 saturated carbocycles. The van der Waals surface area contributed by atoms with Crippen LogP contribution in [0.3, 0.4) is 0 Å². The number of carbonyl (C=O) groups is 3. The van der Waals surface area contributed by atoms with E-state index < -0.39 is 5.54 Å². The van der Waals surface area contributed by atoms with Crippen LogP contribution in [0, 0.1) is 0 Å². The molecule has 0 atom stereocenters. The standard InChI is InChI=1S/C24H28N4O3/c1-18(29)27-14-9-24(10-15-27,28-17-20-4-2-3-5-21(20)23(28)31)16-22(30)26-13-8-19-6-11-25-12-7-19/h2-7,11-12H,8-10,13-17H2,1H3,(H,26,30). The number of hydrogen-bond donors (Lipinski definition) is 1. The Morgan fingerprint density at radius 2 is 1.81 bits per heavy atom. The van der Waals surface area contributed by atoms with Crippen molar-refractivity contribution in [1.29, 1.82) is 0 Å². The van der Waals surface area contributed by atoms with Crippen LogP contribution in [0.5, 0.6) is 0 Å². The molecule has 0 unspecified atom stereocenters. The van der Waals surface area contributed by atoms with Gasteiger partial charge in [0.2, 0.25) is 11.8 Å². The van der Waals surface area contributed by atoms with Crippen molar-refractivity contribution >= 4 is 17.7 Å². The molecule has 7 nitrogen and oxygen atoms in total. The zero-order valence-electron chi connectivity index (χ0n) is 17.8. The van der Waals surface area contributed by atoms with Crippen molar-refractivity contribution in [1.82, 2.24) is 20.1 Å². The minimum absolute atomic E-state index is 0.0172. The third kappa shape index (κ3) is 4.45. The van der Waals surface area contributed by atoms with Gasteiger partial charge in [0.25, 0.3) is 5.91 Å². The Hall–Kier alpha value is -3.22. The van der Waals surface area contributed by atoms with Gasteiger partial charge in [-0.25, -0.2) is 0 Å². The molecule has 2 aliphatic rings. The molecule has 4 rings (SSSR count). The van der Waals surface area contributed by atoms with Crippen molar-refractivity contribution in [3.8, 4) is 0 Å². The van der Waals surface area contributed by atoms with E-state index >= 15 is 0 Å². The van der Waals surface area contributed by atoms with Gasteiger partial charge in [0, 0.05) is 51.1 Å². The molecule has 7 heteroatoms. The summed E-state index contributed by atoms with van der Waals surface area (Å²) >= 11 is 0. The maximum atomic E-state index is 13.2. The molecule has 0 spiro atoms. The van der Waals surface area contributed by atoms with Crippen LogP contribution in [-0.2, 0) is 22.6 Å². The molecule has 0 bridgehead atoms. The highest BCUT2D eigenvalue weighted by molar-refractivity contribution is 5.99. The highest BCUT2D eigenvalue weighted by Gasteiger charge is 2.47. The van der Waals surface area contributed by atoms with Gasteiger partial charge in [-0.1, -0.05) is 18.2 Å². The molecule has 1 N–H and O–H groups in total. The third-order valence-corrected chi connectivity index (χ3v) is 6.51. The highest BCUT2D eigenvalue weighted by Crippen LogP contribution is 2.38. The molecule has 0 radical (unpaired) electrons. The molecule has 2 aliphatic heterocycles. The molecule has 3 heterocycles. The fourth-order valence-corrected chi connectivity index (χ4v) is 4.67. The predicted octanol–water partition coefficient (Wildman–Crippen LogP) is 2.17. The van der Waals surface area contributed by atoms with Gasteiger partial charge in [-0.15, -0.1) is 0 Å². The minimum Gasteiger partial charge on any atom is -0.356 e. The van der Waals surface area contributed by atoms with Crippen molar-refractivity contribution in [2.24, 2.45) is 0 Å². The van der Waals surface area contributed by atoms with E-state index in [-0.39, 0.29) is 24.1 Å². The molecule has 3 amide bonds. The molecule has 1 aromatic carbocycles. The van der Waals surface area contributed by atoms with Crippen LogP contribution in [0.2, 0.25) is 0 Å². The maximum Gasteiger partial charge on any atom is 0.254 e. The first-order valence-electron chi connectivity index (χ1n) is 10.8. The van der Waals surface area contributed by atoms with Crippen molar-refractivity contribution in [2.45, 2.75) is 44.7 Å². The fourth-order valence-electron chi connectivity index (χ4n) is 4.67. The Morgan fingerprint density at radius 1 is 1.10 bits per heavy atom. The lowest BCUT2D eigenvalue weighted by Gasteiger charge is -2.47. The Kier molecular flexibility index (Phi) is 6.02. The number of likely N-dealkylation sites (tertiary alicyclic amines) is 1. The second-order valence-electron chi connectivity index (χ2n) is 8.41. The number of nitrogens with zero attached hydrogens (tertiary/aromatic N) is 3. The average molecular weight is 421 g/mol. The lowest BCUT2D eigenvalue weighted by atomic mass is 9.82. The van der Waals surface area contributed by atoms with E-state index in [4.69, 9.17) is 0 Å². The second kappa shape index (κ2) is 8.88. The zero-order chi connectivity index (χ0) is 21.8. The molecular formula is C24H28N4O3. The van der Waals surface area contributed by atoms with E-state index in [2.05, 4.69) is 10.3 Å². The maximum absolute atomic E-state index is 13.2. The topological polar surface area (TPSA) is 82.6 Å². The second-order valence-corrected chi connectivity index (χ2v) is 8.41. The third-order valence-electron chi connectivity index (χ3n) is 6.51. The summed E-state index contributed by atoms with van der Waals surface area (Å²) in [7, 11) is 0. The van der Waals surface area contributed by atoms with Crippen molar-refractivity contribution in [2.75, 3.05) is 19.6 Å². The minimum atomic E-state index is -0.581. The van der Waals surface area contributed by atoms with E-state index in [1.807, 2.05) is 41.3 Å². The van der Waals surface area contributed by atoms with E-state index in [1.54, 1.807) is 24.2 Å². The van der Waals surface area contributed by atoms with E-state index in [9.17, 15) is 14.4 Å². The van der Waals surface area contributed by atoms with Crippen molar-refractivity contribution in [3.63, 3.8) is 0 Å². The monoisotopic (exact) mass is 420 g/mol. The number of rotatable bonds is 6. The Balaban J connectivity index is 1.47. The van der Waals surface area contributed by atoms with Crippen LogP contribution in [0.25, 0.3) is 0 Å². The van der Waals surface area contributed by atoms with Crippen LogP contribution >= 0.6 is 0 Å². The van der Waals surface area contributed by atoms with Crippen molar-refractivity contribution in [3.05, 3.63) is 65.5 Å². The number of nitrogens with one attached hydrogen (secondary N) is 1. The normalized spacial score (nSPS) is 17.4. The molecule has 2 aromatic rings. The van der Waals surface area contributed by atoms with Gasteiger partial charge < -0.3 is 15.1 Å². The smallest absolute Gasteiger partial charge is 0.254 e. The lowest BCUT2D eigenvalue weighted by Crippen LogP contribution is -2.58. The molecule has 1 fully saturated rings. The van der Waals surface area contributed by atoms with E-state index in [1.165, 1.54) is 0 Å². The molecule has 162 valence electrons. The molecule has 0 aliphatic carbocycles. The van der Waals surface area contributed by atoms with Crippen LogP contribution in [0.4, 0.5) is 0 Å². The Morgan fingerprint density at radius 3 is 2.48 bits per heavy atom. The van der Waals surface area contributed by atoms with E-state index in [0.717, 1.165) is 17.5 Å². The number of hydrogen-bond acceptors (Lipinski definition) is 4. The van der Waals surface area contributed by atoms with Gasteiger partial charge in [-0.3, -0.25) is 19.4 Å². The Labute approximate surface area is 182 Å². The summed E-state index contributed by atoms with van der Waals surface area (Å²) in [4.78, 5) is 45.6. The SMILES string of the molecule is CC(=O)N1CCC(CC(=O)NCCc2ccncc2)(N2Cc3ccccc3C2=O)CC1. The van der Waals surface area contributed by atoms with Crippen LogP contribution < -0.4 is 5.32 Å². The van der Waals surface area contributed by atoms with Gasteiger partial charge >= 0.3 is 0 Å². The van der Waals surface area contributed by atoms with Gasteiger partial charge in [0.15, 0.2) is 0 Å². The largest absolute Gasteiger partial charge is 0.356 e. The molecule has 31 heavy (non-hydrogen) atoms. The molecule has 1 aromatic heterocycles. The highest BCUT2D eigenvalue weighted by atomic mass is 16.2. The zero-order valence-corrected chi connectivity index (χ0v) is 17.8. The first-order valence-corrected chi connectivity index (χ1v) is 10.8. The summed E-state index contributed by atoms with van der Waals surface area (Å²) in [6.07, 6.45) is 5.66. The number of piperidine rings is 1. The van der Waals surface area contributed by atoms with Crippen LogP contribution in [0.1, 0.15) is 47.7 Å². The summed E-state index contributed by atoms with van der Waals surface area (Å²) in [5.41, 5.74) is 2.25. The number of aromatic nitrogens is 1. The number of fused-ring (bicyclic) bond motifs is 1. The van der Waals surface area contributed by atoms with Crippen LogP contribution in [0.15, 0.2) is 48.8 Å². The summed E-state index contributed by atoms with van der Waals surface area (Å²) in [6.45, 7) is 3.72. The van der Waals surface area contributed by atoms with Gasteiger partial charge in [0.1, 0.15) is 0 Å². The number of benzene rings is 1. The number of pyridine rings is 1. The first-order chi connectivity index (χ1) is 15.0. The molecular weight excluding hydrogens is 392 g/mol. The molecule has 1 saturated heterocycles. The van der Waals surface area contributed by atoms with Gasteiger partial charge in [0.05, 0.1) is 12.0 Å². The lowest BCUT2D eigenvalue weighted by molar-refractivity contribution is -0.132. The quantitative estimate of drug-likeness (QED) is 0.777. The first kappa shape index (κ1) is 21.0. The summed E-state index contributed by atoms with van der Waals surface area (Å²) < 4.78 is 0. The number of amides is 3. The average Bonchev–Trinajstić information content (AvgIpc) is 3.12. The summed E-state index contributed by atoms with van der Waals surface area (Å²) in [5, 5.41) is 3.02. The summed E-state index contributed by atoms with van der Waals surface area (Å²) in [5.74, 6) is -0.0445. The predicted molar refractivity (Wildman–Crippen MR) is 116 cm³/mol. The van der Waals surface area contributed by atoms with Crippen molar-refractivity contribution < 1.29 is 14.4 Å². The number of carbonyl (C=O) groups excluding carboxylic acids is 3. The van der Waals surface area contributed by atoms with Gasteiger partial charge in [-0.2, -0.15) is 0 Å². The summed E-state index contributed by atoms with van der Waals surface area (Å²) in [6, 6.07) is 11.5. The van der Waals surface area contributed by atoms with E-state index in [0.29, 0.717) is 44.6 Å². The Bertz CT molecular complexity index is 968.